The Morgan fingerprint density at radius 3 is 2.82 bits per heavy atom. The molecule has 17 heavy (non-hydrogen) atoms. The quantitative estimate of drug-likeness (QED) is 0.872. The van der Waals surface area contributed by atoms with Crippen LogP contribution in [0.5, 0.6) is 0 Å². The lowest BCUT2D eigenvalue weighted by Crippen LogP contribution is -2.03. The average molecular weight is 272 g/mol. The minimum atomic E-state index is 0.166. The van der Waals surface area contributed by atoms with E-state index in [4.69, 9.17) is 23.2 Å². The predicted octanol–water partition coefficient (Wildman–Crippen LogP) is 2.44. The lowest BCUT2D eigenvalue weighted by Gasteiger charge is -2.06. The minimum Gasteiger partial charge on any atom is -0.364 e. The lowest BCUT2D eigenvalue weighted by atomic mass is 10.2. The van der Waals surface area contributed by atoms with Crippen molar-refractivity contribution >= 4 is 29.0 Å². The molecule has 0 aromatic carbocycles. The third kappa shape index (κ3) is 2.87. The molecule has 2 heterocycles. The maximum absolute atomic E-state index is 5.94. The first-order valence-corrected chi connectivity index (χ1v) is 5.73. The molecule has 2 aromatic rings. The highest BCUT2D eigenvalue weighted by molar-refractivity contribution is 6.33. The fraction of sp³-hybridized carbons (Fsp3) is 0.300. The van der Waals surface area contributed by atoms with E-state index in [2.05, 4.69) is 20.4 Å². The Morgan fingerprint density at radius 2 is 2.18 bits per heavy atom. The smallest absolute Gasteiger partial charge is 0.224 e. The summed E-state index contributed by atoms with van der Waals surface area (Å²) in [4.78, 5) is 7.79. The summed E-state index contributed by atoms with van der Waals surface area (Å²) in [6.07, 6.45) is 3.41. The second-order valence-electron chi connectivity index (χ2n) is 3.60. The van der Waals surface area contributed by atoms with Crippen molar-refractivity contribution in [2.45, 2.75) is 13.5 Å². The van der Waals surface area contributed by atoms with E-state index in [0.29, 0.717) is 17.4 Å². The van der Waals surface area contributed by atoms with Gasteiger partial charge >= 0.3 is 0 Å². The minimum absolute atomic E-state index is 0.166. The summed E-state index contributed by atoms with van der Waals surface area (Å²) in [7, 11) is 1.88. The topological polar surface area (TPSA) is 55.6 Å². The number of nitrogens with one attached hydrogen (secondary N) is 1. The summed E-state index contributed by atoms with van der Waals surface area (Å²) in [6.45, 7) is 2.54. The van der Waals surface area contributed by atoms with Gasteiger partial charge in [0, 0.05) is 25.4 Å². The van der Waals surface area contributed by atoms with Crippen LogP contribution in [0.1, 0.15) is 11.3 Å². The molecule has 0 saturated heterocycles. The lowest BCUT2D eigenvalue weighted by molar-refractivity contribution is 0.756. The molecule has 0 unspecified atom stereocenters. The van der Waals surface area contributed by atoms with E-state index in [-0.39, 0.29) is 5.28 Å². The maximum atomic E-state index is 5.94. The molecule has 0 aliphatic rings. The molecule has 0 amide bonds. The highest BCUT2D eigenvalue weighted by Crippen LogP contribution is 2.20. The zero-order chi connectivity index (χ0) is 12.4. The molecule has 0 saturated carbocycles. The molecule has 7 heteroatoms. The number of anilines is 1. The van der Waals surface area contributed by atoms with Crippen molar-refractivity contribution in [3.8, 4) is 0 Å². The molecule has 90 valence electrons. The van der Waals surface area contributed by atoms with E-state index in [1.165, 1.54) is 6.20 Å². The Morgan fingerprint density at radius 1 is 1.41 bits per heavy atom. The molecular weight excluding hydrogens is 261 g/mol. The van der Waals surface area contributed by atoms with Crippen LogP contribution in [0.2, 0.25) is 10.3 Å². The van der Waals surface area contributed by atoms with E-state index < -0.39 is 0 Å². The highest BCUT2D eigenvalue weighted by Gasteiger charge is 2.06. The Balaban J connectivity index is 2.12. The molecule has 0 spiro atoms. The van der Waals surface area contributed by atoms with Gasteiger partial charge in [-0.15, -0.1) is 0 Å². The van der Waals surface area contributed by atoms with Gasteiger partial charge in [0.15, 0.2) is 0 Å². The number of hydrogen-bond donors (Lipinski definition) is 1. The van der Waals surface area contributed by atoms with Crippen LogP contribution in [0.15, 0.2) is 12.4 Å². The fourth-order valence-corrected chi connectivity index (χ4v) is 1.76. The van der Waals surface area contributed by atoms with Gasteiger partial charge < -0.3 is 5.32 Å². The fourth-order valence-electron chi connectivity index (χ4n) is 1.47. The summed E-state index contributed by atoms with van der Waals surface area (Å²) in [6, 6.07) is 0. The van der Waals surface area contributed by atoms with Gasteiger partial charge in [0.05, 0.1) is 11.9 Å². The molecule has 1 N–H and O–H groups in total. The Hall–Kier alpha value is -1.33. The van der Waals surface area contributed by atoms with E-state index in [1.807, 2.05) is 20.2 Å². The third-order valence-electron chi connectivity index (χ3n) is 2.28. The summed E-state index contributed by atoms with van der Waals surface area (Å²) in [5, 5.41) is 7.96. The van der Waals surface area contributed by atoms with E-state index in [0.717, 1.165) is 11.3 Å². The molecule has 2 aromatic heterocycles. The molecule has 0 aliphatic heterocycles. The molecule has 0 atom stereocenters. The molecular formula is C10H11Cl2N5. The zero-order valence-electron chi connectivity index (χ0n) is 9.41. The molecule has 0 fully saturated rings. The summed E-state index contributed by atoms with van der Waals surface area (Å²) >= 11 is 11.6. The summed E-state index contributed by atoms with van der Waals surface area (Å²) in [5.41, 5.74) is 2.05. The molecule has 0 aliphatic carbocycles. The van der Waals surface area contributed by atoms with Crippen molar-refractivity contribution in [3.05, 3.63) is 34.0 Å². The molecule has 0 bridgehead atoms. The second-order valence-corrected chi connectivity index (χ2v) is 4.35. The first-order chi connectivity index (χ1) is 8.06. The van der Waals surface area contributed by atoms with E-state index >= 15 is 0 Å². The standard InChI is InChI=1S/C10H11Cl2N5/c1-6-7(5-17(2)16-6)3-13-9-8(11)4-14-10(12)15-9/h4-5H,3H2,1-2H3,(H,13,14,15). The third-order valence-corrected chi connectivity index (χ3v) is 2.73. The van der Waals surface area contributed by atoms with Gasteiger partial charge in [0.25, 0.3) is 0 Å². The van der Waals surface area contributed by atoms with Crippen LogP contribution in [0.3, 0.4) is 0 Å². The van der Waals surface area contributed by atoms with E-state index in [9.17, 15) is 0 Å². The normalized spacial score (nSPS) is 10.6. The maximum Gasteiger partial charge on any atom is 0.224 e. The van der Waals surface area contributed by atoms with Crippen molar-refractivity contribution in [1.82, 2.24) is 19.7 Å². The van der Waals surface area contributed by atoms with Gasteiger partial charge in [0.1, 0.15) is 10.8 Å². The Kier molecular flexibility index (Phi) is 3.49. The van der Waals surface area contributed by atoms with Crippen molar-refractivity contribution in [2.75, 3.05) is 5.32 Å². The zero-order valence-corrected chi connectivity index (χ0v) is 10.9. The van der Waals surface area contributed by atoms with Gasteiger partial charge in [0.2, 0.25) is 5.28 Å². The van der Waals surface area contributed by atoms with Crippen molar-refractivity contribution in [2.24, 2.45) is 7.05 Å². The summed E-state index contributed by atoms with van der Waals surface area (Å²) < 4.78 is 1.76. The van der Waals surface area contributed by atoms with Gasteiger partial charge in [-0.05, 0) is 18.5 Å². The molecule has 0 radical (unpaired) electrons. The van der Waals surface area contributed by atoms with Crippen LogP contribution < -0.4 is 5.32 Å². The van der Waals surface area contributed by atoms with Gasteiger partial charge in [-0.3, -0.25) is 4.68 Å². The second kappa shape index (κ2) is 4.89. The number of nitrogens with zero attached hydrogens (tertiary/aromatic N) is 4. The highest BCUT2D eigenvalue weighted by atomic mass is 35.5. The Bertz CT molecular complexity index is 537. The number of aryl methyl sites for hydroxylation is 2. The Labute approximate surface area is 109 Å². The average Bonchev–Trinajstić information content (AvgIpc) is 2.59. The number of hydrogen-bond acceptors (Lipinski definition) is 4. The number of halogens is 2. The monoisotopic (exact) mass is 271 g/mol. The first kappa shape index (κ1) is 12.1. The van der Waals surface area contributed by atoms with Gasteiger partial charge in [-0.2, -0.15) is 10.1 Å². The largest absolute Gasteiger partial charge is 0.364 e. The predicted molar refractivity (Wildman–Crippen MR) is 67.3 cm³/mol. The number of aromatic nitrogens is 4. The van der Waals surface area contributed by atoms with Crippen LogP contribution in [0.4, 0.5) is 5.82 Å². The van der Waals surface area contributed by atoms with Crippen LogP contribution in [-0.2, 0) is 13.6 Å². The van der Waals surface area contributed by atoms with Gasteiger partial charge in [-0.1, -0.05) is 11.6 Å². The van der Waals surface area contributed by atoms with Crippen molar-refractivity contribution < 1.29 is 0 Å². The van der Waals surface area contributed by atoms with Crippen molar-refractivity contribution in [3.63, 3.8) is 0 Å². The van der Waals surface area contributed by atoms with Crippen LogP contribution in [0, 0.1) is 6.92 Å². The van der Waals surface area contributed by atoms with Crippen LogP contribution in [-0.4, -0.2) is 19.7 Å². The number of rotatable bonds is 3. The first-order valence-electron chi connectivity index (χ1n) is 4.97. The van der Waals surface area contributed by atoms with Crippen molar-refractivity contribution in [1.29, 1.82) is 0 Å². The van der Waals surface area contributed by atoms with Crippen LogP contribution in [0.25, 0.3) is 0 Å². The molecule has 5 nitrogen and oxygen atoms in total. The van der Waals surface area contributed by atoms with E-state index in [1.54, 1.807) is 4.68 Å². The SMILES string of the molecule is Cc1nn(C)cc1CNc1nc(Cl)ncc1Cl. The van der Waals surface area contributed by atoms with Crippen LogP contribution >= 0.6 is 23.2 Å². The molecule has 2 rings (SSSR count). The van der Waals surface area contributed by atoms with Gasteiger partial charge in [-0.25, -0.2) is 4.98 Å². The summed E-state index contributed by atoms with van der Waals surface area (Å²) in [5.74, 6) is 0.523.